The normalized spacial score (nSPS) is 33.4. The van der Waals surface area contributed by atoms with Crippen LogP contribution in [0.2, 0.25) is 0 Å². The van der Waals surface area contributed by atoms with Gasteiger partial charge in [-0.05, 0) is 39.0 Å². The van der Waals surface area contributed by atoms with Gasteiger partial charge in [0.15, 0.2) is 0 Å². The SMILES string of the molecule is CC(C)(C)OC(=O)N1CC2(C1)C(=O)CC1CC12. The summed E-state index contributed by atoms with van der Waals surface area (Å²) in [7, 11) is 0. The Hall–Kier alpha value is -1.06. The lowest BCUT2D eigenvalue weighted by molar-refractivity contribution is -0.137. The van der Waals surface area contributed by atoms with E-state index in [1.165, 1.54) is 6.42 Å². The number of fused-ring (bicyclic) bond motifs is 2. The molecular weight excluding hydrogens is 218 g/mol. The fourth-order valence-corrected chi connectivity index (χ4v) is 3.30. The summed E-state index contributed by atoms with van der Waals surface area (Å²) in [5, 5.41) is 0. The average Bonchev–Trinajstić information content (AvgIpc) is 2.73. The van der Waals surface area contributed by atoms with Crippen molar-refractivity contribution in [1.29, 1.82) is 0 Å². The molecule has 2 unspecified atom stereocenters. The van der Waals surface area contributed by atoms with E-state index in [9.17, 15) is 9.59 Å². The third-order valence-electron chi connectivity index (χ3n) is 4.23. The first-order valence-corrected chi connectivity index (χ1v) is 6.33. The third-order valence-corrected chi connectivity index (χ3v) is 4.23. The van der Waals surface area contributed by atoms with Crippen LogP contribution in [0.15, 0.2) is 0 Å². The standard InChI is InChI=1S/C13H19NO3/c1-12(2,3)17-11(16)14-6-13(7-14)9-4-8(9)5-10(13)15/h8-9H,4-7H2,1-3H3. The molecular formula is C13H19NO3. The molecule has 0 radical (unpaired) electrons. The van der Waals surface area contributed by atoms with E-state index in [2.05, 4.69) is 0 Å². The van der Waals surface area contributed by atoms with Crippen LogP contribution in [0.25, 0.3) is 0 Å². The predicted molar refractivity (Wildman–Crippen MR) is 61.5 cm³/mol. The van der Waals surface area contributed by atoms with Gasteiger partial charge in [0.1, 0.15) is 11.4 Å². The number of nitrogens with zero attached hydrogens (tertiary/aromatic N) is 1. The second-order valence-electron chi connectivity index (χ2n) is 6.72. The molecule has 4 heteroatoms. The summed E-state index contributed by atoms with van der Waals surface area (Å²) >= 11 is 0. The lowest BCUT2D eigenvalue weighted by Crippen LogP contribution is -2.62. The Kier molecular flexibility index (Phi) is 1.97. The third kappa shape index (κ3) is 1.57. The average molecular weight is 237 g/mol. The van der Waals surface area contributed by atoms with Crippen LogP contribution < -0.4 is 0 Å². The predicted octanol–water partition coefficient (Wildman–Crippen LogP) is 1.83. The van der Waals surface area contributed by atoms with Gasteiger partial charge in [0, 0.05) is 19.5 Å². The molecule has 0 aromatic heterocycles. The van der Waals surface area contributed by atoms with Gasteiger partial charge >= 0.3 is 6.09 Å². The van der Waals surface area contributed by atoms with Crippen molar-refractivity contribution in [3.63, 3.8) is 0 Å². The molecule has 94 valence electrons. The van der Waals surface area contributed by atoms with E-state index in [0.717, 1.165) is 6.42 Å². The van der Waals surface area contributed by atoms with Crippen LogP contribution in [0.4, 0.5) is 4.79 Å². The monoisotopic (exact) mass is 237 g/mol. The maximum atomic E-state index is 11.9. The lowest BCUT2D eigenvalue weighted by atomic mass is 9.74. The minimum Gasteiger partial charge on any atom is -0.444 e. The summed E-state index contributed by atoms with van der Waals surface area (Å²) in [4.78, 5) is 25.4. The first-order chi connectivity index (χ1) is 7.82. The number of ketones is 1. The molecule has 4 nitrogen and oxygen atoms in total. The number of Topliss-reactive ketones (excluding diaryl/α,β-unsaturated/α-hetero) is 1. The van der Waals surface area contributed by atoms with Crippen LogP contribution in [-0.2, 0) is 9.53 Å². The Balaban J connectivity index is 1.61. The van der Waals surface area contributed by atoms with Crippen molar-refractivity contribution in [2.24, 2.45) is 17.3 Å². The highest BCUT2D eigenvalue weighted by Gasteiger charge is 2.68. The van der Waals surface area contributed by atoms with E-state index in [1.807, 2.05) is 20.8 Å². The van der Waals surface area contributed by atoms with Gasteiger partial charge in [-0.25, -0.2) is 4.79 Å². The van der Waals surface area contributed by atoms with Gasteiger partial charge in [-0.15, -0.1) is 0 Å². The zero-order valence-corrected chi connectivity index (χ0v) is 10.7. The Morgan fingerprint density at radius 2 is 2.06 bits per heavy atom. The second-order valence-corrected chi connectivity index (χ2v) is 6.72. The molecule has 0 bridgehead atoms. The summed E-state index contributed by atoms with van der Waals surface area (Å²) < 4.78 is 5.30. The molecule has 0 N–H and O–H groups in total. The van der Waals surface area contributed by atoms with Gasteiger partial charge in [0.2, 0.25) is 0 Å². The van der Waals surface area contributed by atoms with Crippen molar-refractivity contribution in [2.45, 2.75) is 39.2 Å². The smallest absolute Gasteiger partial charge is 0.410 e. The maximum absolute atomic E-state index is 11.9. The molecule has 1 amide bonds. The molecule has 1 heterocycles. The van der Waals surface area contributed by atoms with Crippen LogP contribution in [-0.4, -0.2) is 35.5 Å². The Labute approximate surface area is 101 Å². The molecule has 1 aliphatic heterocycles. The Morgan fingerprint density at radius 3 is 2.53 bits per heavy atom. The minimum atomic E-state index is -0.457. The number of likely N-dealkylation sites (tertiary alicyclic amines) is 1. The summed E-state index contributed by atoms with van der Waals surface area (Å²) in [5.74, 6) is 1.57. The highest BCUT2D eigenvalue weighted by molar-refractivity contribution is 5.92. The topological polar surface area (TPSA) is 46.6 Å². The summed E-state index contributed by atoms with van der Waals surface area (Å²) in [6.07, 6.45) is 1.65. The van der Waals surface area contributed by atoms with Gasteiger partial charge in [0.05, 0.1) is 5.41 Å². The van der Waals surface area contributed by atoms with E-state index < -0.39 is 5.60 Å². The van der Waals surface area contributed by atoms with Crippen molar-refractivity contribution in [2.75, 3.05) is 13.1 Å². The molecule has 3 rings (SSSR count). The van der Waals surface area contributed by atoms with Gasteiger partial charge in [-0.3, -0.25) is 4.79 Å². The number of rotatable bonds is 0. The van der Waals surface area contributed by atoms with Gasteiger partial charge in [-0.2, -0.15) is 0 Å². The van der Waals surface area contributed by atoms with Crippen LogP contribution in [0, 0.1) is 17.3 Å². The van der Waals surface area contributed by atoms with Gasteiger partial charge < -0.3 is 9.64 Å². The molecule has 1 spiro atoms. The van der Waals surface area contributed by atoms with E-state index in [4.69, 9.17) is 4.74 Å². The van der Waals surface area contributed by atoms with Crippen molar-refractivity contribution in [1.82, 2.24) is 4.90 Å². The number of hydrogen-bond acceptors (Lipinski definition) is 3. The van der Waals surface area contributed by atoms with Crippen molar-refractivity contribution in [3.8, 4) is 0 Å². The quantitative estimate of drug-likeness (QED) is 0.645. The lowest BCUT2D eigenvalue weighted by Gasteiger charge is -2.47. The van der Waals surface area contributed by atoms with E-state index in [1.54, 1.807) is 4.90 Å². The molecule has 2 atom stereocenters. The molecule has 2 saturated carbocycles. The summed E-state index contributed by atoms with van der Waals surface area (Å²) in [5.41, 5.74) is -0.636. The molecule has 0 aromatic carbocycles. The van der Waals surface area contributed by atoms with Gasteiger partial charge in [-0.1, -0.05) is 0 Å². The van der Waals surface area contributed by atoms with Crippen LogP contribution in [0.1, 0.15) is 33.6 Å². The van der Waals surface area contributed by atoms with Crippen molar-refractivity contribution in [3.05, 3.63) is 0 Å². The number of amides is 1. The van der Waals surface area contributed by atoms with E-state index in [0.29, 0.717) is 30.7 Å². The first kappa shape index (κ1) is 11.1. The first-order valence-electron chi connectivity index (χ1n) is 6.33. The zero-order valence-electron chi connectivity index (χ0n) is 10.7. The Bertz CT molecular complexity index is 390. The van der Waals surface area contributed by atoms with Crippen LogP contribution in [0.5, 0.6) is 0 Å². The van der Waals surface area contributed by atoms with E-state index >= 15 is 0 Å². The molecule has 0 aromatic rings. The van der Waals surface area contributed by atoms with E-state index in [-0.39, 0.29) is 11.5 Å². The summed E-state index contributed by atoms with van der Waals surface area (Å²) in [6.45, 7) is 6.75. The largest absolute Gasteiger partial charge is 0.444 e. The molecule has 3 aliphatic rings. The fourth-order valence-electron chi connectivity index (χ4n) is 3.30. The van der Waals surface area contributed by atoms with Crippen molar-refractivity contribution < 1.29 is 14.3 Å². The highest BCUT2D eigenvalue weighted by atomic mass is 16.6. The zero-order chi connectivity index (χ0) is 12.4. The van der Waals surface area contributed by atoms with Crippen LogP contribution >= 0.6 is 0 Å². The molecule has 17 heavy (non-hydrogen) atoms. The van der Waals surface area contributed by atoms with Crippen LogP contribution in [0.3, 0.4) is 0 Å². The second kappa shape index (κ2) is 3.03. The fraction of sp³-hybridized carbons (Fsp3) is 0.846. The van der Waals surface area contributed by atoms with Gasteiger partial charge in [0.25, 0.3) is 0 Å². The maximum Gasteiger partial charge on any atom is 0.410 e. The number of hydrogen-bond donors (Lipinski definition) is 0. The number of carbonyl (C=O) groups is 2. The van der Waals surface area contributed by atoms with Crippen molar-refractivity contribution >= 4 is 11.9 Å². The minimum absolute atomic E-state index is 0.179. The molecule has 1 saturated heterocycles. The summed E-state index contributed by atoms with van der Waals surface area (Å²) in [6, 6.07) is 0. The number of carbonyl (C=O) groups excluding carboxylic acids is 2. The highest BCUT2D eigenvalue weighted by Crippen LogP contribution is 2.63. The number of ether oxygens (including phenoxy) is 1. The molecule has 2 aliphatic carbocycles. The molecule has 3 fully saturated rings. The Morgan fingerprint density at radius 1 is 1.41 bits per heavy atom.